The number of hydrogen-bond acceptors (Lipinski definition) is 3. The van der Waals surface area contributed by atoms with Gasteiger partial charge in [-0.3, -0.25) is 9.59 Å². The monoisotopic (exact) mass is 297 g/mol. The molecule has 4 nitrogen and oxygen atoms in total. The number of hydrogen-bond donors (Lipinski definition) is 1. The minimum atomic E-state index is -0.990. The molecule has 0 unspecified atom stereocenters. The molecule has 0 saturated heterocycles. The molecule has 1 amide bonds. The fourth-order valence-electron chi connectivity index (χ4n) is 2.02. The number of nitrogens with zero attached hydrogens (tertiary/aromatic N) is 1. The number of aryl methyl sites for hydroxylation is 2. The van der Waals surface area contributed by atoms with Crippen LogP contribution in [0.15, 0.2) is 6.07 Å². The molecule has 0 aliphatic rings. The van der Waals surface area contributed by atoms with Crippen LogP contribution in [0.1, 0.15) is 54.2 Å². The summed E-state index contributed by atoms with van der Waals surface area (Å²) in [6.07, 6.45) is 1.98. The Balaban J connectivity index is 3.06. The van der Waals surface area contributed by atoms with Gasteiger partial charge in [-0.1, -0.05) is 13.3 Å². The van der Waals surface area contributed by atoms with E-state index in [-0.39, 0.29) is 12.5 Å². The van der Waals surface area contributed by atoms with E-state index in [2.05, 4.69) is 6.92 Å². The largest absolute Gasteiger partial charge is 0.480 e. The fraction of sp³-hybridized carbons (Fsp3) is 0.600. The van der Waals surface area contributed by atoms with Crippen molar-refractivity contribution in [3.63, 3.8) is 0 Å². The van der Waals surface area contributed by atoms with Gasteiger partial charge in [0, 0.05) is 10.4 Å². The summed E-state index contributed by atoms with van der Waals surface area (Å²) < 4.78 is 0. The predicted molar refractivity (Wildman–Crippen MR) is 81.5 cm³/mol. The van der Waals surface area contributed by atoms with Gasteiger partial charge in [-0.15, -0.1) is 11.3 Å². The quantitative estimate of drug-likeness (QED) is 0.907. The highest BCUT2D eigenvalue weighted by molar-refractivity contribution is 7.14. The molecule has 1 N–H and O–H groups in total. The molecular weight excluding hydrogens is 274 g/mol. The summed E-state index contributed by atoms with van der Waals surface area (Å²) in [5.74, 6) is -1.19. The smallest absolute Gasteiger partial charge is 0.323 e. The van der Waals surface area contributed by atoms with Crippen molar-refractivity contribution in [3.05, 3.63) is 21.4 Å². The predicted octanol–water partition coefficient (Wildman–Crippen LogP) is 3.33. The first-order valence-electron chi connectivity index (χ1n) is 6.80. The number of thiophene rings is 1. The van der Waals surface area contributed by atoms with Gasteiger partial charge in [0.2, 0.25) is 0 Å². The number of carboxylic acids is 1. The van der Waals surface area contributed by atoms with Crippen LogP contribution in [-0.4, -0.2) is 34.0 Å². The van der Waals surface area contributed by atoms with E-state index < -0.39 is 11.5 Å². The van der Waals surface area contributed by atoms with Crippen LogP contribution >= 0.6 is 11.3 Å². The summed E-state index contributed by atoms with van der Waals surface area (Å²) in [5.41, 5.74) is 0.670. The molecule has 1 aromatic heterocycles. The zero-order chi connectivity index (χ0) is 15.5. The number of carbonyl (C=O) groups is 2. The molecule has 1 rings (SSSR count). The minimum Gasteiger partial charge on any atom is -0.480 e. The molecule has 5 heteroatoms. The molecule has 1 aromatic rings. The van der Waals surface area contributed by atoms with Crippen LogP contribution < -0.4 is 0 Å². The zero-order valence-corrected chi connectivity index (χ0v) is 13.6. The molecule has 0 radical (unpaired) electrons. The topological polar surface area (TPSA) is 57.6 Å². The molecule has 0 spiro atoms. The van der Waals surface area contributed by atoms with Crippen LogP contribution in [0.2, 0.25) is 0 Å². The Kier molecular flexibility index (Phi) is 5.34. The van der Waals surface area contributed by atoms with Gasteiger partial charge >= 0.3 is 5.97 Å². The highest BCUT2D eigenvalue weighted by Gasteiger charge is 2.30. The average molecular weight is 297 g/mol. The van der Waals surface area contributed by atoms with Crippen LogP contribution in [0.5, 0.6) is 0 Å². The third kappa shape index (κ3) is 4.07. The molecule has 0 aliphatic carbocycles. The van der Waals surface area contributed by atoms with Gasteiger partial charge in [0.1, 0.15) is 6.54 Å². The van der Waals surface area contributed by atoms with Crippen molar-refractivity contribution >= 4 is 23.2 Å². The molecule has 0 saturated carbocycles. The summed E-state index contributed by atoms with van der Waals surface area (Å²) in [6, 6.07) is 1.91. The van der Waals surface area contributed by atoms with Gasteiger partial charge in [-0.05, 0) is 45.7 Å². The highest BCUT2D eigenvalue weighted by atomic mass is 32.1. The van der Waals surface area contributed by atoms with E-state index in [9.17, 15) is 9.59 Å². The van der Waals surface area contributed by atoms with Crippen molar-refractivity contribution in [2.45, 2.75) is 53.0 Å². The molecule has 1 heterocycles. The lowest BCUT2D eigenvalue weighted by Crippen LogP contribution is -2.48. The maximum atomic E-state index is 12.6. The zero-order valence-electron chi connectivity index (χ0n) is 12.8. The molecule has 0 fully saturated rings. The lowest BCUT2D eigenvalue weighted by atomic mass is 10.1. The standard InChI is InChI=1S/C15H23NO3S/c1-6-7-11-8-12(20-10(11)2)14(19)16(9-13(17)18)15(3,4)5/h8H,6-7,9H2,1-5H3,(H,17,18). The third-order valence-corrected chi connectivity index (χ3v) is 4.18. The normalized spacial score (nSPS) is 11.4. The number of rotatable bonds is 5. The summed E-state index contributed by atoms with van der Waals surface area (Å²) in [6.45, 7) is 9.38. The van der Waals surface area contributed by atoms with Crippen molar-refractivity contribution in [2.75, 3.05) is 6.54 Å². The van der Waals surface area contributed by atoms with Gasteiger partial charge in [-0.2, -0.15) is 0 Å². The van der Waals surface area contributed by atoms with Crippen molar-refractivity contribution in [2.24, 2.45) is 0 Å². The Labute approximate surface area is 124 Å². The summed E-state index contributed by atoms with van der Waals surface area (Å²) in [7, 11) is 0. The second-order valence-corrected chi connectivity index (χ2v) is 7.15. The number of carboxylic acid groups (broad SMARTS) is 1. The molecule has 0 atom stereocenters. The van der Waals surface area contributed by atoms with E-state index in [4.69, 9.17) is 5.11 Å². The van der Waals surface area contributed by atoms with Gasteiger partial charge in [-0.25, -0.2) is 0 Å². The number of carbonyl (C=O) groups excluding carboxylic acids is 1. The van der Waals surface area contributed by atoms with Gasteiger partial charge < -0.3 is 10.0 Å². The minimum absolute atomic E-state index is 0.199. The Hall–Kier alpha value is -1.36. The van der Waals surface area contributed by atoms with Crippen molar-refractivity contribution in [1.82, 2.24) is 4.90 Å². The van der Waals surface area contributed by atoms with Crippen molar-refractivity contribution < 1.29 is 14.7 Å². The molecule has 0 aromatic carbocycles. The van der Waals surface area contributed by atoms with Crippen LogP contribution in [0, 0.1) is 6.92 Å². The molecule has 0 aliphatic heterocycles. The Bertz CT molecular complexity index is 500. The molecule has 112 valence electrons. The maximum absolute atomic E-state index is 12.6. The summed E-state index contributed by atoms with van der Waals surface area (Å²) in [4.78, 5) is 26.7. The third-order valence-electron chi connectivity index (χ3n) is 3.10. The van der Waals surface area contributed by atoms with Gasteiger partial charge in [0.25, 0.3) is 5.91 Å². The van der Waals surface area contributed by atoms with Crippen LogP contribution in [0.4, 0.5) is 0 Å². The first-order valence-corrected chi connectivity index (χ1v) is 7.61. The second-order valence-electron chi connectivity index (χ2n) is 5.90. The highest BCUT2D eigenvalue weighted by Crippen LogP contribution is 2.26. The number of amides is 1. The van der Waals surface area contributed by atoms with Gasteiger partial charge in [0.05, 0.1) is 4.88 Å². The lowest BCUT2D eigenvalue weighted by Gasteiger charge is -2.34. The lowest BCUT2D eigenvalue weighted by molar-refractivity contribution is -0.138. The SMILES string of the molecule is CCCc1cc(C(=O)N(CC(=O)O)C(C)(C)C)sc1C. The van der Waals surface area contributed by atoms with Crippen LogP contribution in [0.25, 0.3) is 0 Å². The van der Waals surface area contributed by atoms with E-state index >= 15 is 0 Å². The Morgan fingerprint density at radius 3 is 2.40 bits per heavy atom. The second kappa shape index (κ2) is 6.39. The van der Waals surface area contributed by atoms with Crippen LogP contribution in [-0.2, 0) is 11.2 Å². The first-order chi connectivity index (χ1) is 9.16. The summed E-state index contributed by atoms with van der Waals surface area (Å²) >= 11 is 1.45. The molecule has 20 heavy (non-hydrogen) atoms. The Morgan fingerprint density at radius 1 is 1.35 bits per heavy atom. The van der Waals surface area contributed by atoms with E-state index in [1.165, 1.54) is 21.8 Å². The maximum Gasteiger partial charge on any atom is 0.323 e. The summed E-state index contributed by atoms with van der Waals surface area (Å²) in [5, 5.41) is 9.00. The van der Waals surface area contributed by atoms with E-state index in [1.807, 2.05) is 33.8 Å². The first kappa shape index (κ1) is 16.7. The average Bonchev–Trinajstić information content (AvgIpc) is 2.66. The molecular formula is C15H23NO3S. The van der Waals surface area contributed by atoms with Crippen molar-refractivity contribution in [3.8, 4) is 0 Å². The van der Waals surface area contributed by atoms with E-state index in [0.717, 1.165) is 17.7 Å². The number of aliphatic carboxylic acids is 1. The molecule has 0 bridgehead atoms. The van der Waals surface area contributed by atoms with Crippen LogP contribution in [0.3, 0.4) is 0 Å². The van der Waals surface area contributed by atoms with E-state index in [1.54, 1.807) is 0 Å². The fourth-order valence-corrected chi connectivity index (χ4v) is 3.05. The van der Waals surface area contributed by atoms with Gasteiger partial charge in [0.15, 0.2) is 0 Å². The van der Waals surface area contributed by atoms with E-state index in [0.29, 0.717) is 4.88 Å². The Morgan fingerprint density at radius 2 is 1.95 bits per heavy atom. The van der Waals surface area contributed by atoms with Crippen molar-refractivity contribution in [1.29, 1.82) is 0 Å².